The normalized spacial score (nSPS) is 13.1. The van der Waals surface area contributed by atoms with Crippen LogP contribution >= 0.6 is 12.4 Å². The third-order valence-electron chi connectivity index (χ3n) is 3.74. The number of nitrogens with one attached hydrogen (secondary N) is 1. The second kappa shape index (κ2) is 7.42. The van der Waals surface area contributed by atoms with Crippen molar-refractivity contribution in [3.8, 4) is 11.3 Å². The molecule has 1 amide bonds. The van der Waals surface area contributed by atoms with Gasteiger partial charge in [-0.25, -0.2) is 4.98 Å². The molecule has 118 valence electrons. The van der Waals surface area contributed by atoms with Crippen molar-refractivity contribution in [1.29, 1.82) is 0 Å². The van der Waals surface area contributed by atoms with E-state index < -0.39 is 0 Å². The molecule has 2 aromatic rings. The summed E-state index contributed by atoms with van der Waals surface area (Å²) in [5, 5.41) is 2.83. The van der Waals surface area contributed by atoms with Crippen LogP contribution in [-0.4, -0.2) is 22.0 Å². The maximum atomic E-state index is 11.5. The molecule has 0 fully saturated rings. The Hall–Kier alpha value is -1.85. The molecule has 22 heavy (non-hydrogen) atoms. The number of imidazole rings is 1. The van der Waals surface area contributed by atoms with E-state index in [1.165, 1.54) is 18.7 Å². The lowest BCUT2D eigenvalue weighted by Crippen LogP contribution is -2.15. The zero-order valence-electron chi connectivity index (χ0n) is 12.4. The number of amides is 1. The smallest absolute Gasteiger partial charge is 0.225 e. The first-order chi connectivity index (χ1) is 10.3. The number of fused-ring (bicyclic) bond motifs is 1. The monoisotopic (exact) mass is 320 g/mol. The van der Waals surface area contributed by atoms with Crippen LogP contribution in [0.2, 0.25) is 0 Å². The lowest BCUT2D eigenvalue weighted by molar-refractivity contribution is -0.116. The number of carbonyl (C=O) groups excluding carboxylic acids is 1. The molecule has 1 aromatic carbocycles. The molecule has 0 saturated heterocycles. The van der Waals surface area contributed by atoms with E-state index in [1.54, 1.807) is 0 Å². The molecule has 0 spiro atoms. The van der Waals surface area contributed by atoms with Gasteiger partial charge in [-0.05, 0) is 25.0 Å². The van der Waals surface area contributed by atoms with Crippen molar-refractivity contribution in [2.75, 3.05) is 11.9 Å². The van der Waals surface area contributed by atoms with Gasteiger partial charge in [0.05, 0.1) is 5.69 Å². The summed E-state index contributed by atoms with van der Waals surface area (Å²) in [5.41, 5.74) is 8.24. The fourth-order valence-electron chi connectivity index (χ4n) is 2.63. The summed E-state index contributed by atoms with van der Waals surface area (Å²) >= 11 is 0. The molecule has 5 nitrogen and oxygen atoms in total. The topological polar surface area (TPSA) is 72.9 Å². The summed E-state index contributed by atoms with van der Waals surface area (Å²) in [7, 11) is 0. The lowest BCUT2D eigenvalue weighted by Gasteiger charge is -2.11. The van der Waals surface area contributed by atoms with Crippen molar-refractivity contribution in [3.05, 3.63) is 36.3 Å². The van der Waals surface area contributed by atoms with Crippen LogP contribution in [0.3, 0.4) is 0 Å². The van der Waals surface area contributed by atoms with Gasteiger partial charge in [0.15, 0.2) is 0 Å². The zero-order valence-corrected chi connectivity index (χ0v) is 13.2. The highest BCUT2D eigenvalue weighted by Gasteiger charge is 2.13. The highest BCUT2D eigenvalue weighted by molar-refractivity contribution is 5.91. The van der Waals surface area contributed by atoms with Crippen LogP contribution in [0, 0.1) is 0 Å². The Balaban J connectivity index is 0.00000176. The Bertz CT molecular complexity index is 613. The first-order valence-corrected chi connectivity index (χ1v) is 7.42. The summed E-state index contributed by atoms with van der Waals surface area (Å²) < 4.78 is 2.25. The average molecular weight is 321 g/mol. The predicted molar refractivity (Wildman–Crippen MR) is 90.2 cm³/mol. The Morgan fingerprint density at radius 1 is 1.27 bits per heavy atom. The van der Waals surface area contributed by atoms with E-state index in [-0.39, 0.29) is 18.3 Å². The Morgan fingerprint density at radius 3 is 2.73 bits per heavy atom. The van der Waals surface area contributed by atoms with Gasteiger partial charge in [0.2, 0.25) is 5.91 Å². The first-order valence-electron chi connectivity index (χ1n) is 7.42. The Labute approximate surface area is 136 Å². The number of aryl methyl sites for hydroxylation is 2. The van der Waals surface area contributed by atoms with E-state index in [2.05, 4.69) is 16.1 Å². The third-order valence-corrected chi connectivity index (χ3v) is 3.74. The maximum Gasteiger partial charge on any atom is 0.225 e. The standard InChI is InChI=1S/C16H20N4O.ClH/c17-9-8-16(21)18-13-6-4-12(5-7-13)14-11-20-10-2-1-3-15(20)19-14;/h4-7,11H,1-3,8-10,17H2,(H,18,21);1H. The van der Waals surface area contributed by atoms with Crippen LogP contribution in [0.5, 0.6) is 0 Å². The molecular weight excluding hydrogens is 300 g/mol. The number of benzene rings is 1. The summed E-state index contributed by atoms with van der Waals surface area (Å²) in [6.07, 6.45) is 5.98. The molecule has 0 saturated carbocycles. The number of nitrogens with two attached hydrogens (primary N) is 1. The number of hydrogen-bond donors (Lipinski definition) is 2. The second-order valence-corrected chi connectivity index (χ2v) is 5.36. The number of halogens is 1. The second-order valence-electron chi connectivity index (χ2n) is 5.36. The molecule has 1 aliphatic heterocycles. The van der Waals surface area contributed by atoms with E-state index in [1.807, 2.05) is 24.3 Å². The minimum atomic E-state index is -0.0531. The quantitative estimate of drug-likeness (QED) is 0.909. The van der Waals surface area contributed by atoms with E-state index in [0.717, 1.165) is 29.9 Å². The molecule has 3 N–H and O–H groups in total. The van der Waals surface area contributed by atoms with Crippen LogP contribution in [-0.2, 0) is 17.8 Å². The van der Waals surface area contributed by atoms with Gasteiger partial charge in [0.1, 0.15) is 5.82 Å². The van der Waals surface area contributed by atoms with E-state index in [0.29, 0.717) is 13.0 Å². The van der Waals surface area contributed by atoms with Crippen LogP contribution in [0.1, 0.15) is 25.1 Å². The van der Waals surface area contributed by atoms with Crippen LogP contribution < -0.4 is 11.1 Å². The van der Waals surface area contributed by atoms with Crippen molar-refractivity contribution < 1.29 is 4.79 Å². The van der Waals surface area contributed by atoms with Crippen molar-refractivity contribution >= 4 is 24.0 Å². The number of carbonyl (C=O) groups is 1. The minimum Gasteiger partial charge on any atom is -0.334 e. The number of hydrogen-bond acceptors (Lipinski definition) is 3. The third kappa shape index (κ3) is 3.67. The van der Waals surface area contributed by atoms with Crippen molar-refractivity contribution in [2.45, 2.75) is 32.2 Å². The van der Waals surface area contributed by atoms with Gasteiger partial charge in [0, 0.05) is 43.4 Å². The highest BCUT2D eigenvalue weighted by Crippen LogP contribution is 2.23. The molecule has 1 aromatic heterocycles. The number of rotatable bonds is 4. The minimum absolute atomic E-state index is 0. The fraction of sp³-hybridized carbons (Fsp3) is 0.375. The van der Waals surface area contributed by atoms with Gasteiger partial charge in [-0.2, -0.15) is 0 Å². The predicted octanol–water partition coefficient (Wildman–Crippen LogP) is 2.60. The Morgan fingerprint density at radius 2 is 2.05 bits per heavy atom. The van der Waals surface area contributed by atoms with E-state index in [4.69, 9.17) is 10.7 Å². The Kier molecular flexibility index (Phi) is 5.57. The van der Waals surface area contributed by atoms with Crippen molar-refractivity contribution in [2.24, 2.45) is 5.73 Å². The van der Waals surface area contributed by atoms with Gasteiger partial charge < -0.3 is 15.6 Å². The molecule has 1 aliphatic rings. The molecule has 3 rings (SSSR count). The van der Waals surface area contributed by atoms with Gasteiger partial charge in [-0.1, -0.05) is 12.1 Å². The van der Waals surface area contributed by atoms with E-state index in [9.17, 15) is 4.79 Å². The number of nitrogens with zero attached hydrogens (tertiary/aromatic N) is 2. The molecule has 0 aliphatic carbocycles. The molecule has 0 bridgehead atoms. The summed E-state index contributed by atoms with van der Waals surface area (Å²) in [6, 6.07) is 7.79. The first kappa shape index (κ1) is 16.5. The van der Waals surface area contributed by atoms with Gasteiger partial charge >= 0.3 is 0 Å². The summed E-state index contributed by atoms with van der Waals surface area (Å²) in [5.74, 6) is 1.12. The van der Waals surface area contributed by atoms with Crippen molar-refractivity contribution in [3.63, 3.8) is 0 Å². The van der Waals surface area contributed by atoms with Crippen LogP contribution in [0.25, 0.3) is 11.3 Å². The van der Waals surface area contributed by atoms with Gasteiger partial charge in [0.25, 0.3) is 0 Å². The van der Waals surface area contributed by atoms with E-state index >= 15 is 0 Å². The van der Waals surface area contributed by atoms with Gasteiger partial charge in [-0.15, -0.1) is 12.4 Å². The van der Waals surface area contributed by atoms with Crippen molar-refractivity contribution in [1.82, 2.24) is 9.55 Å². The molecule has 0 atom stereocenters. The molecule has 6 heteroatoms. The molecule has 0 radical (unpaired) electrons. The lowest BCUT2D eigenvalue weighted by atomic mass is 10.1. The van der Waals surface area contributed by atoms with Crippen LogP contribution in [0.15, 0.2) is 30.5 Å². The fourth-order valence-corrected chi connectivity index (χ4v) is 2.63. The molecular formula is C16H21ClN4O. The summed E-state index contributed by atoms with van der Waals surface area (Å²) in [6.45, 7) is 1.43. The van der Waals surface area contributed by atoms with Gasteiger partial charge in [-0.3, -0.25) is 4.79 Å². The van der Waals surface area contributed by atoms with Crippen LogP contribution in [0.4, 0.5) is 5.69 Å². The zero-order chi connectivity index (χ0) is 14.7. The SMILES string of the molecule is Cl.NCCC(=O)Nc1ccc(-c2cn3c(n2)CCCC3)cc1. The highest BCUT2D eigenvalue weighted by atomic mass is 35.5. The average Bonchev–Trinajstić information content (AvgIpc) is 2.92. The maximum absolute atomic E-state index is 11.5. The largest absolute Gasteiger partial charge is 0.334 e. The number of anilines is 1. The number of aromatic nitrogens is 2. The molecule has 0 unspecified atom stereocenters. The summed E-state index contributed by atoms with van der Waals surface area (Å²) in [4.78, 5) is 16.2. The molecule has 2 heterocycles.